The Labute approximate surface area is 191 Å². The molecule has 1 atom stereocenters. The third kappa shape index (κ3) is 5.53. The highest BCUT2D eigenvalue weighted by atomic mass is 35.5. The van der Waals surface area contributed by atoms with Crippen molar-refractivity contribution in [2.45, 2.75) is 62.8 Å². The van der Waals surface area contributed by atoms with Crippen LogP contribution in [0.25, 0.3) is 0 Å². The van der Waals surface area contributed by atoms with Gasteiger partial charge in [-0.05, 0) is 76.7 Å². The molecule has 1 aromatic rings. The number of likely N-dealkylation sites (N-methyl/N-ethyl adjacent to an activating group) is 1. The summed E-state index contributed by atoms with van der Waals surface area (Å²) in [5.41, 5.74) is 0. The van der Waals surface area contributed by atoms with Gasteiger partial charge in [-0.1, -0.05) is 17.7 Å². The van der Waals surface area contributed by atoms with E-state index in [0.717, 1.165) is 50.8 Å². The molecule has 1 amide bonds. The van der Waals surface area contributed by atoms with E-state index in [-0.39, 0.29) is 18.1 Å². The number of hydrogen-bond acceptors (Lipinski definition) is 5. The third-order valence-electron chi connectivity index (χ3n) is 7.06. The maximum absolute atomic E-state index is 13.4. The minimum Gasteiger partial charge on any atom is -0.490 e. The van der Waals surface area contributed by atoms with E-state index in [0.29, 0.717) is 29.6 Å². The lowest BCUT2D eigenvalue weighted by atomic mass is 9.80. The lowest BCUT2D eigenvalue weighted by Crippen LogP contribution is -2.52. The van der Waals surface area contributed by atoms with Gasteiger partial charge < -0.3 is 19.4 Å². The Balaban J connectivity index is 1.35. The van der Waals surface area contributed by atoms with Crippen molar-refractivity contribution in [3.05, 3.63) is 29.3 Å². The number of benzene rings is 1. The summed E-state index contributed by atoms with van der Waals surface area (Å²) in [7, 11) is 6.30. The first-order valence-electron chi connectivity index (χ1n) is 11.5. The molecule has 2 saturated carbocycles. The quantitative estimate of drug-likeness (QED) is 0.642. The third-order valence-corrected chi connectivity index (χ3v) is 7.29. The van der Waals surface area contributed by atoms with Crippen molar-refractivity contribution in [1.29, 1.82) is 0 Å². The second-order valence-electron chi connectivity index (χ2n) is 9.67. The van der Waals surface area contributed by atoms with Gasteiger partial charge in [0.25, 0.3) is 0 Å². The molecule has 1 heterocycles. The zero-order valence-corrected chi connectivity index (χ0v) is 19.7. The highest BCUT2D eigenvalue weighted by Gasteiger charge is 2.39. The average Bonchev–Trinajstić information content (AvgIpc) is 3.15. The first-order valence-corrected chi connectivity index (χ1v) is 11.9. The number of aliphatic imine (C=N–C) groups is 1. The predicted molar refractivity (Wildman–Crippen MR) is 125 cm³/mol. The number of nitrogens with zero attached hydrogens (tertiary/aromatic N) is 4. The van der Waals surface area contributed by atoms with Gasteiger partial charge in [-0.3, -0.25) is 9.79 Å². The molecule has 0 spiro atoms. The summed E-state index contributed by atoms with van der Waals surface area (Å²) in [6, 6.07) is 8.29. The maximum Gasteiger partial charge on any atom is 0.249 e. The molecule has 1 aliphatic heterocycles. The second-order valence-corrected chi connectivity index (χ2v) is 10.1. The predicted octanol–water partition coefficient (Wildman–Crippen LogP) is 3.54. The Morgan fingerprint density at radius 2 is 1.90 bits per heavy atom. The fraction of sp³-hybridized carbons (Fsp3) is 0.667. The minimum absolute atomic E-state index is 0.202. The smallest absolute Gasteiger partial charge is 0.249 e. The van der Waals surface area contributed by atoms with E-state index < -0.39 is 0 Å². The summed E-state index contributed by atoms with van der Waals surface area (Å²) in [6.07, 6.45) is 8.43. The van der Waals surface area contributed by atoms with E-state index in [2.05, 4.69) is 28.9 Å². The van der Waals surface area contributed by atoms with Crippen molar-refractivity contribution in [3.63, 3.8) is 0 Å². The summed E-state index contributed by atoms with van der Waals surface area (Å²) >= 11 is 6.07. The van der Waals surface area contributed by atoms with Crippen molar-refractivity contribution in [2.24, 2.45) is 10.9 Å². The molecule has 0 bridgehead atoms. The maximum atomic E-state index is 13.4. The Hall–Kier alpha value is -1.79. The monoisotopic (exact) mass is 446 g/mol. The van der Waals surface area contributed by atoms with Crippen LogP contribution in [-0.2, 0) is 4.79 Å². The van der Waals surface area contributed by atoms with Gasteiger partial charge in [0.1, 0.15) is 11.8 Å². The summed E-state index contributed by atoms with van der Waals surface area (Å²) in [4.78, 5) is 24.4. The number of hydrogen-bond donors (Lipinski definition) is 0. The van der Waals surface area contributed by atoms with Gasteiger partial charge >= 0.3 is 0 Å². The molecule has 4 rings (SSSR count). The Morgan fingerprint density at radius 1 is 1.19 bits per heavy atom. The fourth-order valence-corrected chi connectivity index (χ4v) is 5.31. The van der Waals surface area contributed by atoms with Gasteiger partial charge in [0, 0.05) is 37.2 Å². The summed E-state index contributed by atoms with van der Waals surface area (Å²) in [5.74, 6) is 1.52. The number of amides is 1. The zero-order chi connectivity index (χ0) is 22.0. The molecular weight excluding hydrogens is 412 g/mol. The van der Waals surface area contributed by atoms with Gasteiger partial charge in [-0.15, -0.1) is 0 Å². The van der Waals surface area contributed by atoms with E-state index in [1.165, 1.54) is 0 Å². The van der Waals surface area contributed by atoms with Gasteiger partial charge in [-0.2, -0.15) is 0 Å². The van der Waals surface area contributed by atoms with Crippen LogP contribution < -0.4 is 4.74 Å². The summed E-state index contributed by atoms with van der Waals surface area (Å²) in [5, 5.41) is 0.695. The molecule has 3 aliphatic rings. The first kappa shape index (κ1) is 22.4. The molecular formula is C24H35ClN4O2. The van der Waals surface area contributed by atoms with Gasteiger partial charge in [0.2, 0.25) is 5.91 Å². The molecule has 6 nitrogen and oxygen atoms in total. The zero-order valence-electron chi connectivity index (χ0n) is 18.9. The largest absolute Gasteiger partial charge is 0.490 e. The Morgan fingerprint density at radius 3 is 2.52 bits per heavy atom. The molecule has 31 heavy (non-hydrogen) atoms. The fourth-order valence-electron chi connectivity index (χ4n) is 5.13. The number of halogens is 1. The van der Waals surface area contributed by atoms with E-state index in [9.17, 15) is 4.79 Å². The number of carbonyl (C=O) groups is 1. The van der Waals surface area contributed by atoms with Crippen molar-refractivity contribution in [1.82, 2.24) is 14.7 Å². The highest BCUT2D eigenvalue weighted by Crippen LogP contribution is 2.35. The lowest BCUT2D eigenvalue weighted by molar-refractivity contribution is -0.137. The molecule has 2 fully saturated rings. The Kier molecular flexibility index (Phi) is 7.07. The second kappa shape index (κ2) is 9.78. The molecule has 0 saturated heterocycles. The average molecular weight is 447 g/mol. The van der Waals surface area contributed by atoms with Crippen LogP contribution in [0.15, 0.2) is 29.3 Å². The topological polar surface area (TPSA) is 48.4 Å². The highest BCUT2D eigenvalue weighted by molar-refractivity contribution is 6.30. The van der Waals surface area contributed by atoms with Crippen LogP contribution in [0.4, 0.5) is 0 Å². The molecule has 1 unspecified atom stereocenters. The normalized spacial score (nSPS) is 30.4. The molecule has 2 aliphatic carbocycles. The molecule has 0 radical (unpaired) electrons. The molecule has 0 N–H and O–H groups in total. The van der Waals surface area contributed by atoms with Crippen molar-refractivity contribution >= 4 is 23.8 Å². The number of ether oxygens (including phenoxy) is 1. The number of carbonyl (C=O) groups excluding carboxylic acids is 1. The van der Waals surface area contributed by atoms with E-state index in [1.54, 1.807) is 6.34 Å². The number of rotatable bonds is 7. The van der Waals surface area contributed by atoms with Crippen molar-refractivity contribution in [3.8, 4) is 5.75 Å². The van der Waals surface area contributed by atoms with Crippen molar-refractivity contribution < 1.29 is 9.53 Å². The van der Waals surface area contributed by atoms with Crippen LogP contribution in [0.5, 0.6) is 5.75 Å². The molecule has 0 aromatic heterocycles. The van der Waals surface area contributed by atoms with E-state index >= 15 is 0 Å². The SMILES string of the molecule is CN1C=NC(C(=O)N(CC2CC(Oc3cccc(Cl)c3)C2)C2CCC(N(C)C)CC2)C1. The standard InChI is InChI=1S/C24H35ClN4O2/c1-27(2)19-7-9-20(10-8-19)29(24(30)23-15-28(3)16-26-23)14-17-11-22(12-17)31-21-6-4-5-18(25)13-21/h4-6,13,16-17,19-20,22-23H,7-12,14-15H2,1-3H3. The van der Waals surface area contributed by atoms with Gasteiger partial charge in [-0.25, -0.2) is 0 Å². The van der Waals surface area contributed by atoms with Crippen LogP contribution >= 0.6 is 11.6 Å². The lowest BCUT2D eigenvalue weighted by Gasteiger charge is -2.44. The van der Waals surface area contributed by atoms with Crippen LogP contribution in [0, 0.1) is 5.92 Å². The van der Waals surface area contributed by atoms with Crippen molar-refractivity contribution in [2.75, 3.05) is 34.2 Å². The summed E-state index contributed by atoms with van der Waals surface area (Å²) in [6.45, 7) is 1.51. The minimum atomic E-state index is -0.254. The van der Waals surface area contributed by atoms with Gasteiger partial charge in [0.15, 0.2) is 0 Å². The Bertz CT molecular complexity index is 788. The van der Waals surface area contributed by atoms with Crippen LogP contribution in [0.2, 0.25) is 5.02 Å². The van der Waals surface area contributed by atoms with Crippen LogP contribution in [-0.4, -0.2) is 85.4 Å². The van der Waals surface area contributed by atoms with E-state index in [4.69, 9.17) is 16.3 Å². The molecule has 7 heteroatoms. The van der Waals surface area contributed by atoms with Crippen LogP contribution in [0.3, 0.4) is 0 Å². The van der Waals surface area contributed by atoms with E-state index in [1.807, 2.05) is 36.2 Å². The molecule has 1 aromatic carbocycles. The first-order chi connectivity index (χ1) is 14.9. The van der Waals surface area contributed by atoms with Gasteiger partial charge in [0.05, 0.1) is 12.4 Å². The molecule has 170 valence electrons. The van der Waals surface area contributed by atoms with Crippen LogP contribution in [0.1, 0.15) is 38.5 Å². The summed E-state index contributed by atoms with van der Waals surface area (Å²) < 4.78 is 6.08.